The minimum Gasteiger partial charge on any atom is -0.370 e. The monoisotopic (exact) mass is 456 g/mol. The number of amides is 1. The standard InChI is InChI=1S/C23H23F3N6O/c1-14-8-16(10-18(9-14)30-22-29-5-2-20(31-22)23(24,25)26)17-11-19(13-28-12-17)32-6-3-15(4-7-32)21(27)33/h2,5,8-13,15H,3-4,6-7H2,1H3,(H2,27,33)(H,29,30,31). The Morgan fingerprint density at radius 3 is 2.58 bits per heavy atom. The van der Waals surface area contributed by atoms with Crippen molar-refractivity contribution < 1.29 is 18.0 Å². The molecule has 172 valence electrons. The number of alkyl halides is 3. The Hall–Kier alpha value is -3.69. The van der Waals surface area contributed by atoms with E-state index >= 15 is 0 Å². The Balaban J connectivity index is 1.56. The summed E-state index contributed by atoms with van der Waals surface area (Å²) in [6.45, 7) is 3.33. The van der Waals surface area contributed by atoms with Crippen LogP contribution in [0.3, 0.4) is 0 Å². The molecular formula is C23H23F3N6O. The normalized spacial score (nSPS) is 14.8. The third-order valence-electron chi connectivity index (χ3n) is 5.60. The second-order valence-corrected chi connectivity index (χ2v) is 8.07. The molecule has 0 bridgehead atoms. The summed E-state index contributed by atoms with van der Waals surface area (Å²) in [5.74, 6) is -0.488. The summed E-state index contributed by atoms with van der Waals surface area (Å²) in [6, 6.07) is 8.43. The van der Waals surface area contributed by atoms with Crippen LogP contribution >= 0.6 is 0 Å². The van der Waals surface area contributed by atoms with E-state index in [1.807, 2.05) is 25.1 Å². The van der Waals surface area contributed by atoms with Gasteiger partial charge in [0.1, 0.15) is 5.69 Å². The molecule has 7 nitrogen and oxygen atoms in total. The molecule has 0 saturated carbocycles. The number of benzene rings is 1. The second kappa shape index (κ2) is 9.05. The fourth-order valence-corrected chi connectivity index (χ4v) is 3.91. The molecule has 3 aromatic rings. The van der Waals surface area contributed by atoms with E-state index in [-0.39, 0.29) is 17.8 Å². The Kier molecular flexibility index (Phi) is 6.17. The number of carbonyl (C=O) groups excluding carboxylic acids is 1. The summed E-state index contributed by atoms with van der Waals surface area (Å²) < 4.78 is 38.9. The van der Waals surface area contributed by atoms with Gasteiger partial charge < -0.3 is 16.0 Å². The van der Waals surface area contributed by atoms with Gasteiger partial charge in [0, 0.05) is 42.7 Å². The molecule has 2 aromatic heterocycles. The SMILES string of the molecule is Cc1cc(Nc2nccc(C(F)(F)F)n2)cc(-c2cncc(N3CCC(C(N)=O)CC3)c2)c1. The van der Waals surface area contributed by atoms with Crippen molar-refractivity contribution in [3.8, 4) is 11.1 Å². The summed E-state index contributed by atoms with van der Waals surface area (Å²) in [5, 5.41) is 2.86. The number of rotatable bonds is 5. The van der Waals surface area contributed by atoms with Gasteiger partial charge >= 0.3 is 6.18 Å². The first-order chi connectivity index (χ1) is 15.7. The zero-order chi connectivity index (χ0) is 23.6. The van der Waals surface area contributed by atoms with Crippen molar-refractivity contribution in [2.75, 3.05) is 23.3 Å². The van der Waals surface area contributed by atoms with Crippen LogP contribution in [-0.4, -0.2) is 33.9 Å². The van der Waals surface area contributed by atoms with E-state index in [1.165, 1.54) is 0 Å². The van der Waals surface area contributed by atoms with Gasteiger partial charge in [0.25, 0.3) is 0 Å². The van der Waals surface area contributed by atoms with E-state index in [0.717, 1.165) is 34.6 Å². The van der Waals surface area contributed by atoms with Crippen molar-refractivity contribution in [3.05, 3.63) is 60.2 Å². The number of aromatic nitrogens is 3. The highest BCUT2D eigenvalue weighted by Crippen LogP contribution is 2.31. The zero-order valence-electron chi connectivity index (χ0n) is 17.9. The smallest absolute Gasteiger partial charge is 0.370 e. The molecule has 1 saturated heterocycles. The molecule has 1 amide bonds. The number of nitrogens with zero attached hydrogens (tertiary/aromatic N) is 4. The Morgan fingerprint density at radius 2 is 1.88 bits per heavy atom. The third-order valence-corrected chi connectivity index (χ3v) is 5.60. The summed E-state index contributed by atoms with van der Waals surface area (Å²) >= 11 is 0. The van der Waals surface area contributed by atoms with Crippen molar-refractivity contribution in [2.45, 2.75) is 25.9 Å². The number of piperidine rings is 1. The number of halogens is 3. The molecule has 10 heteroatoms. The minimum atomic E-state index is -4.55. The largest absolute Gasteiger partial charge is 0.433 e. The second-order valence-electron chi connectivity index (χ2n) is 8.07. The quantitative estimate of drug-likeness (QED) is 0.594. The first-order valence-corrected chi connectivity index (χ1v) is 10.5. The third kappa shape index (κ3) is 5.39. The number of primary amides is 1. The van der Waals surface area contributed by atoms with Crippen LogP contribution in [0.5, 0.6) is 0 Å². The minimum absolute atomic E-state index is 0.0964. The van der Waals surface area contributed by atoms with E-state index in [9.17, 15) is 18.0 Å². The van der Waals surface area contributed by atoms with E-state index in [0.29, 0.717) is 31.6 Å². The molecule has 0 unspecified atom stereocenters. The maximum atomic E-state index is 13.0. The average molecular weight is 456 g/mol. The number of pyridine rings is 1. The zero-order valence-corrected chi connectivity index (χ0v) is 17.9. The molecule has 0 atom stereocenters. The molecule has 0 aliphatic carbocycles. The molecule has 3 N–H and O–H groups in total. The van der Waals surface area contributed by atoms with Crippen LogP contribution < -0.4 is 16.0 Å². The highest BCUT2D eigenvalue weighted by molar-refractivity contribution is 5.77. The summed E-state index contributed by atoms with van der Waals surface area (Å²) in [4.78, 5) is 25.4. The number of carbonyl (C=O) groups is 1. The molecule has 0 radical (unpaired) electrons. The van der Waals surface area contributed by atoms with E-state index < -0.39 is 11.9 Å². The highest BCUT2D eigenvalue weighted by Gasteiger charge is 2.32. The van der Waals surface area contributed by atoms with Crippen LogP contribution in [0.25, 0.3) is 11.1 Å². The van der Waals surface area contributed by atoms with Crippen molar-refractivity contribution in [3.63, 3.8) is 0 Å². The first-order valence-electron chi connectivity index (χ1n) is 10.5. The van der Waals surface area contributed by atoms with Crippen molar-refractivity contribution in [1.29, 1.82) is 0 Å². The van der Waals surface area contributed by atoms with E-state index in [1.54, 1.807) is 18.5 Å². The molecule has 4 rings (SSSR count). The summed E-state index contributed by atoms with van der Waals surface area (Å²) in [6.07, 6.45) is 1.45. The Morgan fingerprint density at radius 1 is 1.12 bits per heavy atom. The van der Waals surface area contributed by atoms with Gasteiger partial charge in [-0.3, -0.25) is 9.78 Å². The first kappa shape index (κ1) is 22.5. The molecule has 3 heterocycles. The van der Waals surface area contributed by atoms with Crippen molar-refractivity contribution in [1.82, 2.24) is 15.0 Å². The summed E-state index contributed by atoms with van der Waals surface area (Å²) in [7, 11) is 0. The number of hydrogen-bond acceptors (Lipinski definition) is 6. The van der Waals surface area contributed by atoms with Crippen LogP contribution in [0.1, 0.15) is 24.1 Å². The van der Waals surface area contributed by atoms with Crippen molar-refractivity contribution >= 4 is 23.2 Å². The van der Waals surface area contributed by atoms with E-state index in [4.69, 9.17) is 5.73 Å². The topological polar surface area (TPSA) is 97.0 Å². The molecular weight excluding hydrogens is 433 g/mol. The molecule has 1 aliphatic rings. The van der Waals surface area contributed by atoms with Gasteiger partial charge in [-0.15, -0.1) is 0 Å². The van der Waals surface area contributed by atoms with Gasteiger partial charge in [0.15, 0.2) is 0 Å². The van der Waals surface area contributed by atoms with Crippen LogP contribution in [0.15, 0.2) is 48.9 Å². The van der Waals surface area contributed by atoms with Gasteiger partial charge in [-0.25, -0.2) is 9.97 Å². The number of nitrogens with two attached hydrogens (primary N) is 1. The average Bonchev–Trinajstić information content (AvgIpc) is 2.78. The Bertz CT molecular complexity index is 1160. The molecule has 1 fully saturated rings. The number of anilines is 3. The highest BCUT2D eigenvalue weighted by atomic mass is 19.4. The predicted molar refractivity (Wildman–Crippen MR) is 119 cm³/mol. The van der Waals surface area contributed by atoms with Gasteiger partial charge in [-0.1, -0.05) is 6.07 Å². The Labute approximate surface area is 188 Å². The van der Waals surface area contributed by atoms with Crippen LogP contribution in [0, 0.1) is 12.8 Å². The summed E-state index contributed by atoms with van der Waals surface area (Å²) in [5.41, 5.74) is 8.55. The van der Waals surface area contributed by atoms with Gasteiger partial charge in [-0.2, -0.15) is 13.2 Å². The molecule has 1 aliphatic heterocycles. The van der Waals surface area contributed by atoms with E-state index in [2.05, 4.69) is 25.2 Å². The van der Waals surface area contributed by atoms with Crippen LogP contribution in [0.4, 0.5) is 30.5 Å². The molecule has 0 spiro atoms. The fraction of sp³-hybridized carbons (Fsp3) is 0.304. The maximum absolute atomic E-state index is 13.0. The van der Waals surface area contributed by atoms with Gasteiger partial charge in [-0.05, 0) is 55.2 Å². The number of nitrogens with one attached hydrogen (secondary N) is 1. The number of aryl methyl sites for hydroxylation is 1. The lowest BCUT2D eigenvalue weighted by Gasteiger charge is -2.32. The lowest BCUT2D eigenvalue weighted by atomic mass is 9.96. The lowest BCUT2D eigenvalue weighted by molar-refractivity contribution is -0.141. The molecule has 33 heavy (non-hydrogen) atoms. The number of hydrogen-bond donors (Lipinski definition) is 2. The molecule has 1 aromatic carbocycles. The van der Waals surface area contributed by atoms with Crippen molar-refractivity contribution in [2.24, 2.45) is 11.7 Å². The van der Waals surface area contributed by atoms with Gasteiger partial charge in [0.2, 0.25) is 11.9 Å². The fourth-order valence-electron chi connectivity index (χ4n) is 3.91. The predicted octanol–water partition coefficient (Wildman–Crippen LogP) is 4.31. The van der Waals surface area contributed by atoms with Crippen LogP contribution in [0.2, 0.25) is 0 Å². The lowest BCUT2D eigenvalue weighted by Crippen LogP contribution is -2.38. The van der Waals surface area contributed by atoms with Gasteiger partial charge in [0.05, 0.1) is 11.9 Å². The van der Waals surface area contributed by atoms with Crippen LogP contribution in [-0.2, 0) is 11.0 Å². The maximum Gasteiger partial charge on any atom is 0.433 e.